The van der Waals surface area contributed by atoms with Gasteiger partial charge in [0, 0.05) is 17.5 Å². The first-order valence-electron chi connectivity index (χ1n) is 14.4. The van der Waals surface area contributed by atoms with Gasteiger partial charge in [-0.05, 0) is 111 Å². The molecule has 4 aliphatic rings. The normalized spacial score (nSPS) is 45.4. The third-order valence-electron chi connectivity index (χ3n) is 11.8. The first-order valence-corrected chi connectivity index (χ1v) is 14.8. The summed E-state index contributed by atoms with van der Waals surface area (Å²) < 4.78 is 5.87. The van der Waals surface area contributed by atoms with Crippen LogP contribution in [0.15, 0.2) is 21.8 Å². The van der Waals surface area contributed by atoms with Crippen molar-refractivity contribution in [3.8, 4) is 0 Å². The Morgan fingerprint density at radius 3 is 2.24 bits per heavy atom. The van der Waals surface area contributed by atoms with Crippen LogP contribution >= 0.6 is 11.6 Å². The average molecular weight is 551 g/mol. The molecule has 4 saturated carbocycles. The number of hydrogen-bond donors (Lipinski definition) is 3. The van der Waals surface area contributed by atoms with Crippen molar-refractivity contribution >= 4 is 23.5 Å². The van der Waals surface area contributed by atoms with E-state index < -0.39 is 24.1 Å². The molecule has 10 atom stereocenters. The molecule has 0 aromatic heterocycles. The molecule has 4 aliphatic carbocycles. The molecule has 0 spiro atoms. The highest BCUT2D eigenvalue weighted by molar-refractivity contribution is 6.29. The van der Waals surface area contributed by atoms with Crippen LogP contribution in [0.5, 0.6) is 0 Å². The van der Waals surface area contributed by atoms with Gasteiger partial charge in [-0.3, -0.25) is 4.79 Å². The maximum absolute atomic E-state index is 12.7. The monoisotopic (exact) mass is 550 g/mol. The average Bonchev–Trinajstić information content (AvgIpc) is 3.08. The minimum atomic E-state index is -1.01. The molecule has 4 rings (SSSR count). The van der Waals surface area contributed by atoms with Gasteiger partial charge >= 0.3 is 11.9 Å². The molecular weight excluding hydrogens is 504 g/mol. The minimum absolute atomic E-state index is 0.0238. The van der Waals surface area contributed by atoms with Gasteiger partial charge in [0.1, 0.15) is 6.10 Å². The summed E-state index contributed by atoms with van der Waals surface area (Å²) in [5.41, 5.74) is 1.16. The highest BCUT2D eigenvalue weighted by Crippen LogP contribution is 2.74. The van der Waals surface area contributed by atoms with Gasteiger partial charge in [0.25, 0.3) is 0 Å². The fourth-order valence-electron chi connectivity index (χ4n) is 9.77. The second kappa shape index (κ2) is 10.2. The molecule has 6 nitrogen and oxygen atoms in total. The number of carbonyl (C=O) groups excluding carboxylic acids is 1. The number of carbonyl (C=O) groups is 2. The molecule has 0 aromatic rings. The number of aliphatic carboxylic acids is 1. The van der Waals surface area contributed by atoms with E-state index in [1.54, 1.807) is 0 Å². The van der Waals surface area contributed by atoms with E-state index in [1.807, 2.05) is 13.8 Å². The SMILES string of the molecule is CC(=O)O[C@H]1C[C@@]2(C)[C@H](C[C@@H](O)C3[C@@]4(C)CC[C@@H](O)[C@@H](C)C4CC[C@@]32C)C1=C(CCC(Cl)=C(C)C)C(=O)O. The zero-order valence-corrected chi connectivity index (χ0v) is 24.9. The van der Waals surface area contributed by atoms with E-state index >= 15 is 0 Å². The summed E-state index contributed by atoms with van der Waals surface area (Å²) in [7, 11) is 0. The van der Waals surface area contributed by atoms with Gasteiger partial charge in [-0.15, -0.1) is 0 Å². The van der Waals surface area contributed by atoms with E-state index in [4.69, 9.17) is 16.3 Å². The molecule has 38 heavy (non-hydrogen) atoms. The molecule has 0 heterocycles. The summed E-state index contributed by atoms with van der Waals surface area (Å²) in [6.45, 7) is 14.2. The van der Waals surface area contributed by atoms with Gasteiger partial charge in [0.2, 0.25) is 0 Å². The lowest BCUT2D eigenvalue weighted by molar-refractivity contribution is -0.234. The molecule has 0 radical (unpaired) electrons. The summed E-state index contributed by atoms with van der Waals surface area (Å²) >= 11 is 6.42. The van der Waals surface area contributed by atoms with Crippen LogP contribution < -0.4 is 0 Å². The van der Waals surface area contributed by atoms with Crippen molar-refractivity contribution in [2.75, 3.05) is 0 Å². The van der Waals surface area contributed by atoms with Crippen LogP contribution in [0.2, 0.25) is 0 Å². The van der Waals surface area contributed by atoms with Gasteiger partial charge in [0.05, 0.1) is 12.2 Å². The number of halogens is 1. The zero-order valence-electron chi connectivity index (χ0n) is 24.1. The highest BCUT2D eigenvalue weighted by atomic mass is 35.5. The Labute approximate surface area is 232 Å². The number of rotatable bonds is 5. The van der Waals surface area contributed by atoms with Crippen LogP contribution in [-0.2, 0) is 14.3 Å². The number of allylic oxidation sites excluding steroid dienone is 2. The second-order valence-corrected chi connectivity index (χ2v) is 14.2. The van der Waals surface area contributed by atoms with Crippen molar-refractivity contribution in [3.63, 3.8) is 0 Å². The fraction of sp³-hybridized carbons (Fsp3) is 0.806. The maximum atomic E-state index is 12.7. The van der Waals surface area contributed by atoms with E-state index in [1.165, 1.54) is 6.92 Å². The summed E-state index contributed by atoms with van der Waals surface area (Å²) in [6.07, 6.45) is 3.62. The minimum Gasteiger partial charge on any atom is -0.478 e. The van der Waals surface area contributed by atoms with E-state index in [0.29, 0.717) is 35.8 Å². The van der Waals surface area contributed by atoms with Crippen LogP contribution in [0, 0.1) is 39.9 Å². The zero-order chi connectivity index (χ0) is 28.4. The molecule has 7 heteroatoms. The van der Waals surface area contributed by atoms with E-state index in [9.17, 15) is 24.9 Å². The first kappa shape index (κ1) is 29.6. The Balaban J connectivity index is 1.83. The van der Waals surface area contributed by atoms with Crippen molar-refractivity contribution in [2.24, 2.45) is 39.9 Å². The van der Waals surface area contributed by atoms with Gasteiger partial charge in [0.15, 0.2) is 0 Å². The van der Waals surface area contributed by atoms with Gasteiger partial charge in [-0.1, -0.05) is 44.9 Å². The molecule has 4 fully saturated rings. The lowest BCUT2D eigenvalue weighted by Gasteiger charge is -2.69. The molecule has 2 unspecified atom stereocenters. The molecule has 0 saturated heterocycles. The Hall–Kier alpha value is -1.37. The second-order valence-electron chi connectivity index (χ2n) is 13.7. The van der Waals surface area contributed by atoms with E-state index in [2.05, 4.69) is 27.7 Å². The quantitative estimate of drug-likeness (QED) is 0.277. The smallest absolute Gasteiger partial charge is 0.331 e. The topological polar surface area (TPSA) is 104 Å². The Morgan fingerprint density at radius 2 is 1.66 bits per heavy atom. The third kappa shape index (κ3) is 4.47. The molecule has 214 valence electrons. The Bertz CT molecular complexity index is 1040. The fourth-order valence-corrected chi connectivity index (χ4v) is 9.86. The number of fused-ring (bicyclic) bond motifs is 5. The predicted octanol–water partition coefficient (Wildman–Crippen LogP) is 6.23. The standard InChI is InChI=1S/C31H47ClO6/c1-16(2)22(32)9-8-19(28(36)37)26-21-14-24(35)27-29(5)12-11-23(34)17(3)20(29)10-13-30(27,6)31(21,7)15-25(26)38-18(4)33/h17,20-21,23-25,27,34-35H,8-15H2,1-7H3,(H,36,37)/t17-,20?,21+,23+,24+,25-,27?,29-,30-,31-/m0/s1. The molecular formula is C31H47ClO6. The molecule has 0 amide bonds. The number of carboxylic acid groups (broad SMARTS) is 1. The lowest BCUT2D eigenvalue weighted by Crippen LogP contribution is -2.65. The van der Waals surface area contributed by atoms with Gasteiger partial charge in [-0.25, -0.2) is 4.79 Å². The molecule has 0 bridgehead atoms. The van der Waals surface area contributed by atoms with Crippen molar-refractivity contribution in [1.82, 2.24) is 0 Å². The van der Waals surface area contributed by atoms with Crippen LogP contribution in [0.3, 0.4) is 0 Å². The molecule has 3 N–H and O–H groups in total. The van der Waals surface area contributed by atoms with Crippen molar-refractivity contribution in [3.05, 3.63) is 21.8 Å². The number of ether oxygens (including phenoxy) is 1. The highest BCUT2D eigenvalue weighted by Gasteiger charge is 2.70. The lowest BCUT2D eigenvalue weighted by atomic mass is 9.36. The number of hydrogen-bond acceptors (Lipinski definition) is 5. The predicted molar refractivity (Wildman–Crippen MR) is 147 cm³/mol. The molecule has 0 aliphatic heterocycles. The number of esters is 1. The number of aliphatic hydroxyl groups is 2. The number of carboxylic acids is 1. The van der Waals surface area contributed by atoms with Crippen LogP contribution in [0.25, 0.3) is 0 Å². The Kier molecular flexibility index (Phi) is 7.97. The maximum Gasteiger partial charge on any atom is 0.331 e. The summed E-state index contributed by atoms with van der Waals surface area (Å²) in [6, 6.07) is 0. The van der Waals surface area contributed by atoms with Gasteiger partial charge in [-0.2, -0.15) is 0 Å². The first-order chi connectivity index (χ1) is 17.6. The van der Waals surface area contributed by atoms with Crippen LogP contribution in [0.4, 0.5) is 0 Å². The molecule has 0 aromatic carbocycles. The van der Waals surface area contributed by atoms with E-state index in [-0.39, 0.29) is 52.1 Å². The summed E-state index contributed by atoms with van der Waals surface area (Å²) in [5.74, 6) is -1.09. The van der Waals surface area contributed by atoms with Crippen LogP contribution in [0.1, 0.15) is 99.8 Å². The third-order valence-corrected chi connectivity index (χ3v) is 12.3. The summed E-state index contributed by atoms with van der Waals surface area (Å²) in [5, 5.41) is 33.6. The Morgan fingerprint density at radius 1 is 1.00 bits per heavy atom. The van der Waals surface area contributed by atoms with Crippen molar-refractivity contribution in [1.29, 1.82) is 0 Å². The number of aliphatic hydroxyl groups excluding tert-OH is 2. The van der Waals surface area contributed by atoms with Crippen molar-refractivity contribution < 1.29 is 29.6 Å². The summed E-state index contributed by atoms with van der Waals surface area (Å²) in [4.78, 5) is 24.9. The largest absolute Gasteiger partial charge is 0.478 e. The van der Waals surface area contributed by atoms with E-state index in [0.717, 1.165) is 31.3 Å². The van der Waals surface area contributed by atoms with Crippen LogP contribution in [-0.4, -0.2) is 45.6 Å². The van der Waals surface area contributed by atoms with Gasteiger partial charge < -0.3 is 20.1 Å². The van der Waals surface area contributed by atoms with Crippen molar-refractivity contribution in [2.45, 2.75) is 118 Å².